The van der Waals surface area contributed by atoms with Crippen molar-refractivity contribution in [1.82, 2.24) is 15.5 Å². The molecule has 6 nitrogen and oxygen atoms in total. The zero-order valence-corrected chi connectivity index (χ0v) is 17.8. The highest BCUT2D eigenvalue weighted by atomic mass is 16.2. The summed E-state index contributed by atoms with van der Waals surface area (Å²) in [5.41, 5.74) is -0.568. The zero-order chi connectivity index (χ0) is 20.4. The van der Waals surface area contributed by atoms with Gasteiger partial charge in [-0.2, -0.15) is 0 Å². The van der Waals surface area contributed by atoms with Crippen LogP contribution in [0.1, 0.15) is 78.1 Å². The Morgan fingerprint density at radius 3 is 2.34 bits per heavy atom. The van der Waals surface area contributed by atoms with Gasteiger partial charge in [0.2, 0.25) is 5.91 Å². The molecule has 1 spiro atoms. The third kappa shape index (κ3) is 3.00. The minimum absolute atomic E-state index is 0.103. The highest BCUT2D eigenvalue weighted by Crippen LogP contribution is 2.61. The Hall–Kier alpha value is -1.59. The molecular weight excluding hydrogens is 366 g/mol. The first-order chi connectivity index (χ1) is 13.8. The van der Waals surface area contributed by atoms with E-state index in [2.05, 4.69) is 17.6 Å². The molecule has 6 heteroatoms. The molecule has 0 unspecified atom stereocenters. The van der Waals surface area contributed by atoms with Crippen molar-refractivity contribution < 1.29 is 14.4 Å². The maximum Gasteiger partial charge on any atom is 0.325 e. The van der Waals surface area contributed by atoms with Crippen molar-refractivity contribution in [2.75, 3.05) is 6.54 Å². The molecular formula is C23H35N3O3. The molecule has 5 saturated carbocycles. The Morgan fingerprint density at radius 2 is 1.76 bits per heavy atom. The number of urea groups is 1. The van der Waals surface area contributed by atoms with E-state index in [1.165, 1.54) is 38.5 Å². The lowest BCUT2D eigenvalue weighted by Crippen LogP contribution is -2.57. The van der Waals surface area contributed by atoms with Crippen LogP contribution in [-0.4, -0.2) is 40.9 Å². The molecule has 6 rings (SSSR count). The van der Waals surface area contributed by atoms with E-state index in [-0.39, 0.29) is 35.7 Å². The highest BCUT2D eigenvalue weighted by molar-refractivity contribution is 6.09. The molecule has 5 aliphatic carbocycles. The number of hydrogen-bond acceptors (Lipinski definition) is 3. The summed E-state index contributed by atoms with van der Waals surface area (Å²) in [7, 11) is 0. The number of imide groups is 1. The third-order valence-electron chi connectivity index (χ3n) is 9.18. The van der Waals surface area contributed by atoms with E-state index < -0.39 is 11.6 Å². The summed E-state index contributed by atoms with van der Waals surface area (Å²) < 4.78 is 0. The SMILES string of the molecule is C[C@H](NC(=O)CN1C(=O)N[C@]2(CCCC[C@H]2C)C1=O)C12CC3CC(CC(C3)C1)C2. The van der Waals surface area contributed by atoms with Gasteiger partial charge in [-0.05, 0) is 87.4 Å². The average Bonchev–Trinajstić information content (AvgIpc) is 2.88. The maximum absolute atomic E-state index is 13.1. The second-order valence-electron chi connectivity index (χ2n) is 11.0. The number of carbonyl (C=O) groups excluding carboxylic acids is 3. The zero-order valence-electron chi connectivity index (χ0n) is 17.8. The van der Waals surface area contributed by atoms with Gasteiger partial charge in [-0.3, -0.25) is 14.5 Å². The van der Waals surface area contributed by atoms with Crippen LogP contribution in [0.2, 0.25) is 0 Å². The lowest BCUT2D eigenvalue weighted by molar-refractivity contribution is -0.138. The van der Waals surface area contributed by atoms with Crippen LogP contribution in [0.4, 0.5) is 4.79 Å². The molecule has 6 fully saturated rings. The summed E-state index contributed by atoms with van der Waals surface area (Å²) in [5.74, 6) is 2.22. The quantitative estimate of drug-likeness (QED) is 0.710. The van der Waals surface area contributed by atoms with E-state index in [9.17, 15) is 14.4 Å². The minimum atomic E-state index is -0.791. The van der Waals surface area contributed by atoms with Crippen LogP contribution >= 0.6 is 0 Å². The average molecular weight is 402 g/mol. The monoisotopic (exact) mass is 401 g/mol. The van der Waals surface area contributed by atoms with Crippen LogP contribution in [0.5, 0.6) is 0 Å². The first-order valence-corrected chi connectivity index (χ1v) is 11.7. The van der Waals surface area contributed by atoms with Crippen LogP contribution in [0, 0.1) is 29.1 Å². The van der Waals surface area contributed by atoms with Crippen LogP contribution in [0.25, 0.3) is 0 Å². The minimum Gasteiger partial charge on any atom is -0.352 e. The second-order valence-corrected chi connectivity index (χ2v) is 11.0. The van der Waals surface area contributed by atoms with Crippen LogP contribution < -0.4 is 10.6 Å². The highest BCUT2D eigenvalue weighted by Gasteiger charge is 2.56. The maximum atomic E-state index is 13.1. The lowest BCUT2D eigenvalue weighted by Gasteiger charge is -2.59. The third-order valence-corrected chi connectivity index (χ3v) is 9.18. The van der Waals surface area contributed by atoms with Crippen LogP contribution in [0.3, 0.4) is 0 Å². The number of hydrogen-bond donors (Lipinski definition) is 2. The van der Waals surface area contributed by atoms with Gasteiger partial charge in [-0.25, -0.2) is 4.79 Å². The Bertz CT molecular complexity index is 700. The Morgan fingerprint density at radius 1 is 1.14 bits per heavy atom. The molecule has 160 valence electrons. The van der Waals surface area contributed by atoms with Crippen molar-refractivity contribution in [1.29, 1.82) is 0 Å². The standard InChI is InChI=1S/C23H35N3O3/c1-14-5-3-4-6-23(14)20(28)26(21(29)25-23)13-19(27)24-15(2)22-10-16-7-17(11-22)9-18(8-16)12-22/h14-18H,3-13H2,1-2H3,(H,24,27)(H,25,29)/t14-,15+,16?,17?,18?,22?,23+/m1/s1. The van der Waals surface area contributed by atoms with Crippen LogP contribution in [0.15, 0.2) is 0 Å². The van der Waals surface area contributed by atoms with Gasteiger partial charge < -0.3 is 10.6 Å². The predicted octanol–water partition coefficient (Wildman–Crippen LogP) is 3.21. The van der Waals surface area contributed by atoms with Gasteiger partial charge >= 0.3 is 6.03 Å². The van der Waals surface area contributed by atoms with Crippen molar-refractivity contribution in [2.24, 2.45) is 29.1 Å². The summed E-state index contributed by atoms with van der Waals surface area (Å²) in [4.78, 5) is 39.7. The van der Waals surface area contributed by atoms with Crippen molar-refractivity contribution in [3.05, 3.63) is 0 Å². The van der Waals surface area contributed by atoms with E-state index in [1.54, 1.807) is 0 Å². The van der Waals surface area contributed by atoms with Crippen molar-refractivity contribution in [2.45, 2.75) is 89.6 Å². The summed E-state index contributed by atoms with van der Waals surface area (Å²) in [6.07, 6.45) is 11.5. The van der Waals surface area contributed by atoms with Crippen LogP contribution in [-0.2, 0) is 9.59 Å². The molecule has 0 aromatic carbocycles. The molecule has 4 amide bonds. The van der Waals surface area contributed by atoms with E-state index in [4.69, 9.17) is 0 Å². The number of carbonyl (C=O) groups is 3. The van der Waals surface area contributed by atoms with Gasteiger partial charge in [-0.1, -0.05) is 19.8 Å². The Balaban J connectivity index is 1.24. The lowest BCUT2D eigenvalue weighted by atomic mass is 9.48. The smallest absolute Gasteiger partial charge is 0.325 e. The molecule has 0 aromatic rings. The van der Waals surface area contributed by atoms with E-state index in [0.29, 0.717) is 6.42 Å². The molecule has 29 heavy (non-hydrogen) atoms. The van der Waals surface area contributed by atoms with E-state index >= 15 is 0 Å². The van der Waals surface area contributed by atoms with E-state index in [1.807, 2.05) is 6.92 Å². The fraction of sp³-hybridized carbons (Fsp3) is 0.870. The fourth-order valence-electron chi connectivity index (χ4n) is 7.93. The second kappa shape index (κ2) is 6.71. The van der Waals surface area contributed by atoms with Crippen molar-refractivity contribution in [3.8, 4) is 0 Å². The fourth-order valence-corrected chi connectivity index (χ4v) is 7.93. The van der Waals surface area contributed by atoms with Crippen molar-refractivity contribution in [3.63, 3.8) is 0 Å². The molecule has 6 aliphatic rings. The normalized spacial score (nSPS) is 44.3. The Labute approximate surface area is 173 Å². The summed E-state index contributed by atoms with van der Waals surface area (Å²) in [6, 6.07) is -0.298. The first-order valence-electron chi connectivity index (χ1n) is 11.7. The molecule has 2 N–H and O–H groups in total. The number of rotatable bonds is 4. The molecule has 1 heterocycles. The van der Waals surface area contributed by atoms with Crippen molar-refractivity contribution >= 4 is 17.8 Å². The first kappa shape index (κ1) is 19.4. The number of amides is 4. The molecule has 3 atom stereocenters. The number of nitrogens with zero attached hydrogens (tertiary/aromatic N) is 1. The summed E-state index contributed by atoms with van der Waals surface area (Å²) in [6.45, 7) is 4.02. The summed E-state index contributed by atoms with van der Waals surface area (Å²) >= 11 is 0. The van der Waals surface area contributed by atoms with Gasteiger partial charge in [-0.15, -0.1) is 0 Å². The predicted molar refractivity (Wildman–Crippen MR) is 109 cm³/mol. The van der Waals surface area contributed by atoms with Gasteiger partial charge in [0.05, 0.1) is 0 Å². The largest absolute Gasteiger partial charge is 0.352 e. The molecule has 0 radical (unpaired) electrons. The van der Waals surface area contributed by atoms with Gasteiger partial charge in [0.25, 0.3) is 5.91 Å². The van der Waals surface area contributed by atoms with Gasteiger partial charge in [0.15, 0.2) is 0 Å². The molecule has 4 bridgehead atoms. The van der Waals surface area contributed by atoms with E-state index in [0.717, 1.165) is 41.9 Å². The summed E-state index contributed by atoms with van der Waals surface area (Å²) in [5, 5.41) is 6.14. The molecule has 0 aromatic heterocycles. The Kier molecular flexibility index (Phi) is 4.48. The van der Waals surface area contributed by atoms with Gasteiger partial charge in [0.1, 0.15) is 12.1 Å². The number of nitrogens with one attached hydrogen (secondary N) is 2. The molecule has 1 aliphatic heterocycles. The molecule has 1 saturated heterocycles. The topological polar surface area (TPSA) is 78.5 Å². The van der Waals surface area contributed by atoms with Gasteiger partial charge in [0, 0.05) is 6.04 Å².